The van der Waals surface area contributed by atoms with Crippen LogP contribution in [-0.2, 0) is 24.3 Å². The van der Waals surface area contributed by atoms with E-state index in [9.17, 15) is 18.0 Å². The number of morpholine rings is 1. The van der Waals surface area contributed by atoms with Crippen LogP contribution in [0.25, 0.3) is 0 Å². The lowest BCUT2D eigenvalue weighted by Crippen LogP contribution is -2.40. The topological polar surface area (TPSA) is 102 Å². The second-order valence-corrected chi connectivity index (χ2v) is 9.45. The number of nitrogens with one attached hydrogen (secondary N) is 1. The van der Waals surface area contributed by atoms with Gasteiger partial charge in [0.1, 0.15) is 0 Å². The van der Waals surface area contributed by atoms with E-state index in [-0.39, 0.29) is 28.6 Å². The maximum atomic E-state index is 12.8. The Kier molecular flexibility index (Phi) is 7.32. The number of rotatable bonds is 6. The van der Waals surface area contributed by atoms with Crippen LogP contribution in [0.3, 0.4) is 0 Å². The van der Waals surface area contributed by atoms with Gasteiger partial charge in [-0.15, -0.1) is 0 Å². The van der Waals surface area contributed by atoms with E-state index in [1.165, 1.54) is 16.4 Å². The van der Waals surface area contributed by atoms with Crippen LogP contribution < -0.4 is 5.32 Å². The SMILES string of the molecule is Cc1ccc(C)c(NC(=O)COC(=O)c2cc(S(=O)(=O)N3CCOCC3)ccc2Cl)c1. The van der Waals surface area contributed by atoms with Gasteiger partial charge in [0.05, 0.1) is 28.7 Å². The number of halogens is 1. The van der Waals surface area contributed by atoms with E-state index in [0.29, 0.717) is 18.9 Å². The van der Waals surface area contributed by atoms with Gasteiger partial charge in [-0.3, -0.25) is 4.79 Å². The molecule has 1 saturated heterocycles. The smallest absolute Gasteiger partial charge is 0.340 e. The second-order valence-electron chi connectivity index (χ2n) is 7.10. The molecule has 8 nitrogen and oxygen atoms in total. The number of aryl methyl sites for hydroxylation is 2. The molecule has 0 radical (unpaired) electrons. The van der Waals surface area contributed by atoms with Crippen LogP contribution in [-0.4, -0.2) is 57.5 Å². The lowest BCUT2D eigenvalue weighted by atomic mass is 10.1. The number of ether oxygens (including phenoxy) is 2. The van der Waals surface area contributed by atoms with Crippen molar-refractivity contribution in [3.63, 3.8) is 0 Å². The van der Waals surface area contributed by atoms with Gasteiger partial charge in [0, 0.05) is 18.8 Å². The summed E-state index contributed by atoms with van der Waals surface area (Å²) in [6, 6.07) is 9.42. The molecule has 0 spiro atoms. The van der Waals surface area contributed by atoms with E-state index >= 15 is 0 Å². The third-order valence-electron chi connectivity index (χ3n) is 4.77. The average molecular weight is 467 g/mol. The zero-order chi connectivity index (χ0) is 22.6. The van der Waals surface area contributed by atoms with Gasteiger partial charge in [-0.05, 0) is 49.2 Å². The number of hydrogen-bond acceptors (Lipinski definition) is 6. The normalized spacial score (nSPS) is 14.8. The summed E-state index contributed by atoms with van der Waals surface area (Å²) in [6.07, 6.45) is 0. The number of amides is 1. The van der Waals surface area contributed by atoms with E-state index in [0.717, 1.165) is 17.2 Å². The Balaban J connectivity index is 1.69. The molecule has 1 aliphatic heterocycles. The van der Waals surface area contributed by atoms with Gasteiger partial charge >= 0.3 is 5.97 Å². The highest BCUT2D eigenvalue weighted by molar-refractivity contribution is 7.89. The molecule has 166 valence electrons. The van der Waals surface area contributed by atoms with Crippen molar-refractivity contribution in [3.05, 3.63) is 58.1 Å². The van der Waals surface area contributed by atoms with Gasteiger partial charge in [-0.2, -0.15) is 4.31 Å². The Hall–Kier alpha value is -2.46. The fourth-order valence-corrected chi connectivity index (χ4v) is 4.65. The van der Waals surface area contributed by atoms with E-state index in [2.05, 4.69) is 5.32 Å². The highest BCUT2D eigenvalue weighted by Gasteiger charge is 2.28. The minimum atomic E-state index is -3.81. The molecule has 1 heterocycles. The number of nitrogens with zero attached hydrogens (tertiary/aromatic N) is 1. The summed E-state index contributed by atoms with van der Waals surface area (Å²) >= 11 is 6.08. The van der Waals surface area contributed by atoms with Crippen LogP contribution in [0, 0.1) is 13.8 Å². The van der Waals surface area contributed by atoms with Crippen LogP contribution in [0.5, 0.6) is 0 Å². The molecule has 1 amide bonds. The van der Waals surface area contributed by atoms with Crippen molar-refractivity contribution >= 4 is 39.2 Å². The summed E-state index contributed by atoms with van der Waals surface area (Å²) in [5.74, 6) is -1.41. The first-order chi connectivity index (χ1) is 14.7. The minimum absolute atomic E-state index is 0.0286. The number of benzene rings is 2. The Morgan fingerprint density at radius 1 is 1.13 bits per heavy atom. The molecular weight excluding hydrogens is 444 g/mol. The molecule has 2 aromatic carbocycles. The quantitative estimate of drug-likeness (QED) is 0.657. The van der Waals surface area contributed by atoms with Crippen molar-refractivity contribution in [2.75, 3.05) is 38.2 Å². The number of hydrogen-bond donors (Lipinski definition) is 1. The van der Waals surface area contributed by atoms with E-state index in [4.69, 9.17) is 21.1 Å². The molecule has 1 fully saturated rings. The van der Waals surface area contributed by atoms with Crippen LogP contribution >= 0.6 is 11.6 Å². The van der Waals surface area contributed by atoms with Gasteiger partial charge in [-0.1, -0.05) is 23.7 Å². The van der Waals surface area contributed by atoms with Crippen molar-refractivity contribution < 1.29 is 27.5 Å². The van der Waals surface area contributed by atoms with Crippen LogP contribution in [0.1, 0.15) is 21.5 Å². The number of esters is 1. The summed E-state index contributed by atoms with van der Waals surface area (Å²) in [5, 5.41) is 2.72. The zero-order valence-corrected chi connectivity index (χ0v) is 18.8. The van der Waals surface area contributed by atoms with Crippen molar-refractivity contribution in [2.45, 2.75) is 18.7 Å². The average Bonchev–Trinajstić information content (AvgIpc) is 2.75. The molecule has 2 aromatic rings. The molecule has 1 aliphatic rings. The molecule has 0 bridgehead atoms. The number of carbonyl (C=O) groups is 2. The zero-order valence-electron chi connectivity index (χ0n) is 17.2. The minimum Gasteiger partial charge on any atom is -0.452 e. The third kappa shape index (κ3) is 5.62. The van der Waals surface area contributed by atoms with Crippen LogP contribution in [0.15, 0.2) is 41.3 Å². The fraction of sp³-hybridized carbons (Fsp3) is 0.333. The van der Waals surface area contributed by atoms with E-state index in [1.54, 1.807) is 0 Å². The predicted octanol–water partition coefficient (Wildman–Crippen LogP) is 2.77. The summed E-state index contributed by atoms with van der Waals surface area (Å²) in [7, 11) is -3.81. The summed E-state index contributed by atoms with van der Waals surface area (Å²) in [6.45, 7) is 4.26. The van der Waals surface area contributed by atoms with Gasteiger partial charge < -0.3 is 14.8 Å². The molecule has 0 aromatic heterocycles. The first kappa shape index (κ1) is 23.2. The maximum absolute atomic E-state index is 12.8. The molecule has 31 heavy (non-hydrogen) atoms. The summed E-state index contributed by atoms with van der Waals surface area (Å²) < 4.78 is 37.2. The Bertz CT molecular complexity index is 1100. The van der Waals surface area contributed by atoms with Crippen LogP contribution in [0.2, 0.25) is 5.02 Å². The maximum Gasteiger partial charge on any atom is 0.340 e. The lowest BCUT2D eigenvalue weighted by molar-refractivity contribution is -0.119. The van der Waals surface area contributed by atoms with Crippen LogP contribution in [0.4, 0.5) is 5.69 Å². The first-order valence-electron chi connectivity index (χ1n) is 9.60. The lowest BCUT2D eigenvalue weighted by Gasteiger charge is -2.26. The number of anilines is 1. The molecule has 0 saturated carbocycles. The van der Waals surface area contributed by atoms with Gasteiger partial charge in [0.25, 0.3) is 5.91 Å². The van der Waals surface area contributed by atoms with Gasteiger partial charge in [-0.25, -0.2) is 13.2 Å². The Morgan fingerprint density at radius 2 is 1.84 bits per heavy atom. The Morgan fingerprint density at radius 3 is 2.55 bits per heavy atom. The number of sulfonamides is 1. The largest absolute Gasteiger partial charge is 0.452 e. The molecule has 10 heteroatoms. The summed E-state index contributed by atoms with van der Waals surface area (Å²) in [4.78, 5) is 24.6. The number of carbonyl (C=O) groups excluding carboxylic acids is 2. The molecule has 0 aliphatic carbocycles. The molecule has 0 unspecified atom stereocenters. The Labute approximate surface area is 186 Å². The highest BCUT2D eigenvalue weighted by atomic mass is 35.5. The van der Waals surface area contributed by atoms with Crippen molar-refractivity contribution in [1.29, 1.82) is 0 Å². The predicted molar refractivity (Wildman–Crippen MR) is 116 cm³/mol. The standard InChI is InChI=1S/C21H23ClN2O6S/c1-14-3-4-15(2)19(11-14)23-20(25)13-30-21(26)17-12-16(5-6-18(17)22)31(27,28)24-7-9-29-10-8-24/h3-6,11-12H,7-10,13H2,1-2H3,(H,23,25). The second kappa shape index (κ2) is 9.78. The molecular formula is C21H23ClN2O6S. The highest BCUT2D eigenvalue weighted by Crippen LogP contribution is 2.24. The molecule has 3 rings (SSSR count). The van der Waals surface area contributed by atoms with Crippen molar-refractivity contribution in [3.8, 4) is 0 Å². The van der Waals surface area contributed by atoms with Crippen molar-refractivity contribution in [1.82, 2.24) is 4.31 Å². The van der Waals surface area contributed by atoms with Gasteiger partial charge in [0.2, 0.25) is 10.0 Å². The monoisotopic (exact) mass is 466 g/mol. The first-order valence-corrected chi connectivity index (χ1v) is 11.4. The van der Waals surface area contributed by atoms with Gasteiger partial charge in [0.15, 0.2) is 6.61 Å². The molecule has 1 N–H and O–H groups in total. The van der Waals surface area contributed by atoms with E-state index < -0.39 is 28.5 Å². The van der Waals surface area contributed by atoms with Crippen molar-refractivity contribution in [2.24, 2.45) is 0 Å². The molecule has 0 atom stereocenters. The summed E-state index contributed by atoms with van der Waals surface area (Å²) in [5.41, 5.74) is 2.34. The third-order valence-corrected chi connectivity index (χ3v) is 6.99. The fourth-order valence-electron chi connectivity index (χ4n) is 3.02. The van der Waals surface area contributed by atoms with E-state index in [1.807, 2.05) is 32.0 Å².